The van der Waals surface area contributed by atoms with Crippen molar-refractivity contribution in [3.8, 4) is 0 Å². The number of hydrogen-bond acceptors (Lipinski definition) is 5. The number of carbonyl (C=O) groups is 2. The molecule has 1 unspecified atom stereocenters. The van der Waals surface area contributed by atoms with E-state index in [1.54, 1.807) is 6.92 Å². The quantitative estimate of drug-likeness (QED) is 0.730. The minimum absolute atomic E-state index is 0.0636. The number of amides is 1. The van der Waals surface area contributed by atoms with Crippen LogP contribution in [0.2, 0.25) is 0 Å². The number of Topliss-reactive ketones (excluding diaryl/α,β-unsaturated/α-hetero) is 1. The summed E-state index contributed by atoms with van der Waals surface area (Å²) in [5.41, 5.74) is 11.8. The topological polar surface area (TPSA) is 87.5 Å². The average Bonchev–Trinajstić information content (AvgIpc) is 2.52. The zero-order valence-corrected chi connectivity index (χ0v) is 14.2. The van der Waals surface area contributed by atoms with Crippen molar-refractivity contribution in [3.63, 3.8) is 0 Å². The zero-order chi connectivity index (χ0) is 17.1. The molecular formula is C17H26N4O2. The molecule has 0 fully saturated rings. The molecule has 0 aliphatic carbocycles. The van der Waals surface area contributed by atoms with Gasteiger partial charge in [-0.2, -0.15) is 0 Å². The Labute approximate surface area is 137 Å². The number of rotatable bonds is 6. The van der Waals surface area contributed by atoms with Gasteiger partial charge in [0.05, 0.1) is 12.1 Å². The fourth-order valence-corrected chi connectivity index (χ4v) is 2.83. The number of nitrogens with two attached hydrogens (primary N) is 1. The monoisotopic (exact) mass is 318 g/mol. The molecule has 1 aliphatic heterocycles. The largest absolute Gasteiger partial charge is 0.388 e. The molecule has 126 valence electrons. The summed E-state index contributed by atoms with van der Waals surface area (Å²) in [6, 6.07) is 5.35. The lowest BCUT2D eigenvalue weighted by atomic mass is 9.89. The lowest BCUT2D eigenvalue weighted by molar-refractivity contribution is -0.132. The van der Waals surface area contributed by atoms with Crippen LogP contribution in [-0.2, 0) is 22.6 Å². The Bertz CT molecular complexity index is 600. The molecule has 0 radical (unpaired) electrons. The molecule has 2 rings (SSSR count). The van der Waals surface area contributed by atoms with Crippen molar-refractivity contribution in [2.75, 3.05) is 12.4 Å². The van der Waals surface area contributed by atoms with Gasteiger partial charge in [-0.05, 0) is 36.6 Å². The third-order valence-electron chi connectivity index (χ3n) is 4.31. The Morgan fingerprint density at radius 1 is 1.26 bits per heavy atom. The van der Waals surface area contributed by atoms with Crippen molar-refractivity contribution < 1.29 is 9.59 Å². The zero-order valence-electron chi connectivity index (χ0n) is 14.2. The highest BCUT2D eigenvalue weighted by molar-refractivity contribution is 5.86. The smallest absolute Gasteiger partial charge is 0.235 e. The Kier molecular flexibility index (Phi) is 5.38. The molecule has 1 heterocycles. The summed E-state index contributed by atoms with van der Waals surface area (Å²) in [6.45, 7) is 6.07. The maximum atomic E-state index is 12.6. The van der Waals surface area contributed by atoms with Crippen LogP contribution in [-0.4, -0.2) is 35.8 Å². The van der Waals surface area contributed by atoms with E-state index in [-0.39, 0.29) is 17.7 Å². The van der Waals surface area contributed by atoms with E-state index >= 15 is 0 Å². The van der Waals surface area contributed by atoms with Gasteiger partial charge in [-0.15, -0.1) is 0 Å². The number of benzene rings is 1. The maximum absolute atomic E-state index is 12.6. The van der Waals surface area contributed by atoms with Crippen LogP contribution < -0.4 is 16.5 Å². The summed E-state index contributed by atoms with van der Waals surface area (Å²) in [6.07, 6.45) is 0.634. The number of anilines is 1. The Hall–Kier alpha value is -1.92. The van der Waals surface area contributed by atoms with Crippen molar-refractivity contribution in [2.45, 2.75) is 45.8 Å². The van der Waals surface area contributed by atoms with E-state index < -0.39 is 11.9 Å². The molecule has 0 saturated carbocycles. The van der Waals surface area contributed by atoms with Gasteiger partial charge in [0.2, 0.25) is 5.91 Å². The lowest BCUT2D eigenvalue weighted by Crippen LogP contribution is -2.58. The van der Waals surface area contributed by atoms with Gasteiger partial charge in [0, 0.05) is 25.2 Å². The van der Waals surface area contributed by atoms with E-state index in [1.807, 2.05) is 32.0 Å². The normalized spacial score (nSPS) is 19.3. The fourth-order valence-electron chi connectivity index (χ4n) is 2.83. The Morgan fingerprint density at radius 3 is 2.52 bits per heavy atom. The van der Waals surface area contributed by atoms with Gasteiger partial charge < -0.3 is 11.1 Å². The van der Waals surface area contributed by atoms with Gasteiger partial charge in [0.1, 0.15) is 0 Å². The number of hydrazine groups is 1. The number of ketones is 1. The average molecular weight is 318 g/mol. The van der Waals surface area contributed by atoms with Crippen molar-refractivity contribution in [1.82, 2.24) is 10.4 Å². The van der Waals surface area contributed by atoms with Crippen LogP contribution in [0.5, 0.6) is 0 Å². The van der Waals surface area contributed by atoms with Crippen LogP contribution in [0.25, 0.3) is 0 Å². The number of fused-ring (bicyclic) bond motifs is 1. The molecule has 23 heavy (non-hydrogen) atoms. The van der Waals surface area contributed by atoms with Gasteiger partial charge >= 0.3 is 0 Å². The van der Waals surface area contributed by atoms with Gasteiger partial charge in [-0.3, -0.25) is 9.59 Å². The molecule has 0 spiro atoms. The first kappa shape index (κ1) is 17.4. The number of carbonyl (C=O) groups excluding carboxylic acids is 2. The molecule has 1 aromatic rings. The highest BCUT2D eigenvalue weighted by Gasteiger charge is 2.33. The Balaban J connectivity index is 2.31. The second-order valence-electron chi connectivity index (χ2n) is 6.39. The molecule has 1 amide bonds. The molecule has 0 bridgehead atoms. The van der Waals surface area contributed by atoms with Crippen molar-refractivity contribution >= 4 is 17.4 Å². The summed E-state index contributed by atoms with van der Waals surface area (Å²) in [7, 11) is 1.88. The van der Waals surface area contributed by atoms with Gasteiger partial charge in [0.15, 0.2) is 5.78 Å². The van der Waals surface area contributed by atoms with E-state index in [4.69, 9.17) is 5.73 Å². The highest BCUT2D eigenvalue weighted by atomic mass is 16.1. The Morgan fingerprint density at radius 2 is 1.96 bits per heavy atom. The fraction of sp³-hybridized carbons (Fsp3) is 0.529. The summed E-state index contributed by atoms with van der Waals surface area (Å²) in [4.78, 5) is 23.9. The molecule has 1 aliphatic rings. The van der Waals surface area contributed by atoms with Gasteiger partial charge in [0.25, 0.3) is 0 Å². The van der Waals surface area contributed by atoms with Crippen LogP contribution >= 0.6 is 0 Å². The van der Waals surface area contributed by atoms with Crippen LogP contribution in [0.4, 0.5) is 5.69 Å². The van der Waals surface area contributed by atoms with Crippen molar-refractivity contribution in [3.05, 3.63) is 29.3 Å². The minimum atomic E-state index is -0.522. The van der Waals surface area contributed by atoms with Crippen LogP contribution in [0.1, 0.15) is 31.9 Å². The summed E-state index contributed by atoms with van der Waals surface area (Å²) < 4.78 is 0. The third kappa shape index (κ3) is 3.89. The first-order chi connectivity index (χ1) is 10.8. The second kappa shape index (κ2) is 7.10. The number of nitrogens with zero attached hydrogens (tertiary/aromatic N) is 1. The SMILES string of the molecule is CNc1ccc2c(c1)CN(NC(C)C(N)=O)[C@H](C(=O)C(C)C)C2. The lowest BCUT2D eigenvalue weighted by Gasteiger charge is -2.38. The number of hydrogen-bond donors (Lipinski definition) is 3. The van der Waals surface area contributed by atoms with Crippen LogP contribution in [0.3, 0.4) is 0 Å². The third-order valence-corrected chi connectivity index (χ3v) is 4.31. The first-order valence-electron chi connectivity index (χ1n) is 7.99. The van der Waals surface area contributed by atoms with E-state index in [0.717, 1.165) is 11.3 Å². The summed E-state index contributed by atoms with van der Waals surface area (Å²) in [5, 5.41) is 4.98. The van der Waals surface area contributed by atoms with Crippen LogP contribution in [0.15, 0.2) is 18.2 Å². The molecule has 4 N–H and O–H groups in total. The maximum Gasteiger partial charge on any atom is 0.235 e. The first-order valence-corrected chi connectivity index (χ1v) is 7.99. The number of nitrogens with one attached hydrogen (secondary N) is 2. The molecule has 2 atom stereocenters. The molecule has 0 aromatic heterocycles. The van der Waals surface area contributed by atoms with Crippen molar-refractivity contribution in [1.29, 1.82) is 0 Å². The number of primary amides is 1. The predicted octanol–water partition coefficient (Wildman–Crippen LogP) is 1.06. The minimum Gasteiger partial charge on any atom is -0.388 e. The van der Waals surface area contributed by atoms with Crippen molar-refractivity contribution in [2.24, 2.45) is 11.7 Å². The standard InChI is InChI=1S/C17H26N4O2/c1-10(2)16(22)15-8-12-5-6-14(19-4)7-13(12)9-21(15)20-11(3)17(18)23/h5-7,10-11,15,19-20H,8-9H2,1-4H3,(H2,18,23)/t11?,15-/m0/s1. The predicted molar refractivity (Wildman–Crippen MR) is 90.7 cm³/mol. The summed E-state index contributed by atoms with van der Waals surface area (Å²) >= 11 is 0. The highest BCUT2D eigenvalue weighted by Crippen LogP contribution is 2.26. The summed E-state index contributed by atoms with van der Waals surface area (Å²) in [5.74, 6) is -0.334. The molecule has 1 aromatic carbocycles. The van der Waals surface area contributed by atoms with Crippen LogP contribution in [0, 0.1) is 5.92 Å². The molecule has 6 heteroatoms. The van der Waals surface area contributed by atoms with E-state index in [2.05, 4.69) is 22.9 Å². The molecule has 0 saturated heterocycles. The second-order valence-corrected chi connectivity index (χ2v) is 6.39. The van der Waals surface area contributed by atoms with E-state index in [0.29, 0.717) is 13.0 Å². The van der Waals surface area contributed by atoms with E-state index in [9.17, 15) is 9.59 Å². The van der Waals surface area contributed by atoms with Gasteiger partial charge in [-0.1, -0.05) is 19.9 Å². The van der Waals surface area contributed by atoms with Gasteiger partial charge in [-0.25, -0.2) is 10.4 Å². The molecule has 6 nitrogen and oxygen atoms in total. The van der Waals surface area contributed by atoms with E-state index in [1.165, 1.54) is 5.56 Å². The molecular weight excluding hydrogens is 292 g/mol.